The first kappa shape index (κ1) is 24.0. The quantitative estimate of drug-likeness (QED) is 0.456. The predicted octanol–water partition coefficient (Wildman–Crippen LogP) is 4.02. The van der Waals surface area contributed by atoms with Gasteiger partial charge in [-0.2, -0.15) is 26.3 Å². The van der Waals surface area contributed by atoms with Crippen molar-refractivity contribution in [2.45, 2.75) is 44.1 Å². The zero-order chi connectivity index (χ0) is 23.5. The van der Waals surface area contributed by atoms with Gasteiger partial charge in [0.25, 0.3) is 0 Å². The van der Waals surface area contributed by atoms with Crippen molar-refractivity contribution in [3.63, 3.8) is 0 Å². The third-order valence-corrected chi connectivity index (χ3v) is 6.56. The molecule has 0 bridgehead atoms. The van der Waals surface area contributed by atoms with Gasteiger partial charge in [-0.15, -0.1) is 6.58 Å². The number of halogens is 5. The van der Waals surface area contributed by atoms with E-state index < -0.39 is 41.3 Å². The van der Waals surface area contributed by atoms with Gasteiger partial charge < -0.3 is 14.6 Å². The van der Waals surface area contributed by atoms with Gasteiger partial charge in [-0.3, -0.25) is 0 Å². The van der Waals surface area contributed by atoms with Gasteiger partial charge in [0, 0.05) is 31.0 Å². The number of imidazole rings is 1. The summed E-state index contributed by atoms with van der Waals surface area (Å²) in [6.45, 7) is -0.439. The fourth-order valence-electron chi connectivity index (χ4n) is 3.59. The SMILES string of the molecule is C=CCCC1CN(S(=O)(=O)C(F)(F)F)Cc2cc(OC(F)F)ccc2N1Cc1cnc[nH]1. The van der Waals surface area contributed by atoms with Crippen molar-refractivity contribution < 1.29 is 35.1 Å². The van der Waals surface area contributed by atoms with Crippen LogP contribution < -0.4 is 9.64 Å². The van der Waals surface area contributed by atoms with E-state index in [1.54, 1.807) is 11.0 Å². The first-order valence-electron chi connectivity index (χ1n) is 9.52. The number of benzene rings is 1. The molecule has 1 aliphatic rings. The van der Waals surface area contributed by atoms with E-state index in [0.29, 0.717) is 28.5 Å². The molecule has 2 aromatic rings. The van der Waals surface area contributed by atoms with Crippen molar-refractivity contribution in [2.24, 2.45) is 0 Å². The number of nitrogens with zero attached hydrogens (tertiary/aromatic N) is 3. The lowest BCUT2D eigenvalue weighted by atomic mass is 10.1. The largest absolute Gasteiger partial charge is 0.511 e. The summed E-state index contributed by atoms with van der Waals surface area (Å²) < 4.78 is 94.7. The highest BCUT2D eigenvalue weighted by Crippen LogP contribution is 2.37. The summed E-state index contributed by atoms with van der Waals surface area (Å²) in [7, 11) is -5.67. The molecule has 1 N–H and O–H groups in total. The third kappa shape index (κ3) is 5.21. The second-order valence-corrected chi connectivity index (χ2v) is 9.07. The van der Waals surface area contributed by atoms with Crippen LogP contribution in [0.3, 0.4) is 0 Å². The topological polar surface area (TPSA) is 78.5 Å². The van der Waals surface area contributed by atoms with Crippen LogP contribution in [0, 0.1) is 0 Å². The highest BCUT2D eigenvalue weighted by atomic mass is 32.2. The van der Waals surface area contributed by atoms with Crippen molar-refractivity contribution >= 4 is 15.7 Å². The number of allylic oxidation sites excluding steroid dienone is 1. The first-order chi connectivity index (χ1) is 15.0. The van der Waals surface area contributed by atoms with Crippen LogP contribution in [-0.2, 0) is 23.1 Å². The molecule has 2 heterocycles. The number of sulfonamides is 1. The summed E-state index contributed by atoms with van der Waals surface area (Å²) in [5, 5.41) is 0. The van der Waals surface area contributed by atoms with Gasteiger partial charge in [-0.1, -0.05) is 6.08 Å². The van der Waals surface area contributed by atoms with E-state index in [2.05, 4.69) is 21.3 Å². The van der Waals surface area contributed by atoms with Crippen LogP contribution >= 0.6 is 0 Å². The third-order valence-electron chi connectivity index (χ3n) is 5.02. The number of aromatic amines is 1. The highest BCUT2D eigenvalue weighted by molar-refractivity contribution is 7.89. The number of ether oxygens (including phenoxy) is 1. The van der Waals surface area contributed by atoms with Crippen LogP contribution in [0.5, 0.6) is 5.75 Å². The summed E-state index contributed by atoms with van der Waals surface area (Å²) in [5.41, 5.74) is -4.35. The van der Waals surface area contributed by atoms with Crippen molar-refractivity contribution in [2.75, 3.05) is 11.4 Å². The number of hydrogen-bond donors (Lipinski definition) is 1. The Bertz CT molecular complexity index is 1030. The molecule has 1 aliphatic heterocycles. The lowest BCUT2D eigenvalue weighted by Crippen LogP contribution is -2.46. The Morgan fingerprint density at radius 1 is 1.34 bits per heavy atom. The molecular weight excluding hydrogens is 459 g/mol. The predicted molar refractivity (Wildman–Crippen MR) is 106 cm³/mol. The Balaban J connectivity index is 2.11. The maximum atomic E-state index is 13.4. The minimum absolute atomic E-state index is 0.108. The molecule has 0 saturated heterocycles. The number of anilines is 1. The van der Waals surface area contributed by atoms with E-state index in [1.165, 1.54) is 24.7 Å². The molecule has 176 valence electrons. The Labute approximate surface area is 181 Å². The fourth-order valence-corrected chi connectivity index (χ4v) is 4.56. The molecule has 13 heteroatoms. The summed E-state index contributed by atoms with van der Waals surface area (Å²) in [6.07, 6.45) is 5.30. The monoisotopic (exact) mass is 480 g/mol. The molecule has 32 heavy (non-hydrogen) atoms. The molecule has 3 rings (SSSR count). The van der Waals surface area contributed by atoms with Gasteiger partial charge in [0.05, 0.1) is 18.6 Å². The minimum atomic E-state index is -5.67. The van der Waals surface area contributed by atoms with Crippen LogP contribution in [0.2, 0.25) is 0 Å². The van der Waals surface area contributed by atoms with E-state index in [1.807, 2.05) is 0 Å². The van der Waals surface area contributed by atoms with E-state index in [-0.39, 0.29) is 17.9 Å². The zero-order valence-electron chi connectivity index (χ0n) is 16.7. The minimum Gasteiger partial charge on any atom is -0.435 e. The molecule has 1 aromatic carbocycles. The Morgan fingerprint density at radius 2 is 2.09 bits per heavy atom. The van der Waals surface area contributed by atoms with Crippen LogP contribution in [0.15, 0.2) is 43.4 Å². The number of rotatable bonds is 8. The van der Waals surface area contributed by atoms with E-state index in [9.17, 15) is 30.4 Å². The molecule has 0 spiro atoms. The number of alkyl halides is 5. The van der Waals surface area contributed by atoms with Crippen LogP contribution in [0.25, 0.3) is 0 Å². The fraction of sp³-hybridized carbons (Fsp3) is 0.421. The van der Waals surface area contributed by atoms with Gasteiger partial charge in [0.15, 0.2) is 0 Å². The summed E-state index contributed by atoms with van der Waals surface area (Å²) >= 11 is 0. The molecule has 0 fully saturated rings. The highest BCUT2D eigenvalue weighted by Gasteiger charge is 2.51. The molecule has 0 aliphatic carbocycles. The van der Waals surface area contributed by atoms with Gasteiger partial charge in [-0.25, -0.2) is 13.4 Å². The molecule has 1 aromatic heterocycles. The van der Waals surface area contributed by atoms with Gasteiger partial charge in [0.1, 0.15) is 5.75 Å². The normalized spacial score (nSPS) is 17.8. The summed E-state index contributed by atoms with van der Waals surface area (Å²) in [6, 6.07) is 3.18. The lowest BCUT2D eigenvalue weighted by molar-refractivity contribution is -0.0499. The second kappa shape index (κ2) is 9.45. The van der Waals surface area contributed by atoms with Crippen LogP contribution in [0.1, 0.15) is 24.1 Å². The Morgan fingerprint density at radius 3 is 2.69 bits per heavy atom. The molecule has 1 atom stereocenters. The maximum Gasteiger partial charge on any atom is 0.511 e. The number of H-pyrrole nitrogens is 1. The van der Waals surface area contributed by atoms with Crippen molar-refractivity contribution in [1.82, 2.24) is 14.3 Å². The zero-order valence-corrected chi connectivity index (χ0v) is 17.5. The maximum absolute atomic E-state index is 13.4. The van der Waals surface area contributed by atoms with Gasteiger partial charge in [-0.05, 0) is 36.6 Å². The summed E-state index contributed by atoms with van der Waals surface area (Å²) in [4.78, 5) is 8.58. The van der Waals surface area contributed by atoms with E-state index in [0.717, 1.165) is 6.07 Å². The number of nitrogens with one attached hydrogen (secondary N) is 1. The smallest absolute Gasteiger partial charge is 0.435 e. The molecule has 0 radical (unpaired) electrons. The van der Waals surface area contributed by atoms with Crippen LogP contribution in [-0.4, -0.2) is 47.4 Å². The second-order valence-electron chi connectivity index (χ2n) is 7.14. The molecule has 0 saturated carbocycles. The lowest BCUT2D eigenvalue weighted by Gasteiger charge is -2.34. The number of fused-ring (bicyclic) bond motifs is 1. The van der Waals surface area contributed by atoms with Crippen LogP contribution in [0.4, 0.5) is 27.6 Å². The standard InChI is InChI=1S/C19H21F5N4O3S/c1-2-3-4-15-11-27(32(29,30)19(22,23)24)9-13-7-16(31-18(20)21)5-6-17(13)28(15)10-14-8-25-12-26-14/h2,5-8,12,15,18H,1,3-4,9-11H2,(H,25,26). The Kier molecular flexibility index (Phi) is 7.08. The molecule has 7 nitrogen and oxygen atoms in total. The average molecular weight is 480 g/mol. The first-order valence-corrected chi connectivity index (χ1v) is 11.0. The van der Waals surface area contributed by atoms with Crippen molar-refractivity contribution in [3.8, 4) is 5.75 Å². The average Bonchev–Trinajstić information content (AvgIpc) is 3.15. The van der Waals surface area contributed by atoms with Gasteiger partial charge >= 0.3 is 22.1 Å². The molecule has 1 unspecified atom stereocenters. The Hall–Kier alpha value is -2.67. The van der Waals surface area contributed by atoms with Gasteiger partial charge in [0.2, 0.25) is 0 Å². The molecule has 0 amide bonds. The number of hydrogen-bond acceptors (Lipinski definition) is 5. The van der Waals surface area contributed by atoms with E-state index in [4.69, 9.17) is 0 Å². The van der Waals surface area contributed by atoms with Crippen molar-refractivity contribution in [3.05, 3.63) is 54.6 Å². The number of aromatic nitrogens is 2. The summed E-state index contributed by atoms with van der Waals surface area (Å²) in [5.74, 6) is -0.283. The van der Waals surface area contributed by atoms with Crippen molar-refractivity contribution in [1.29, 1.82) is 0 Å². The molecular formula is C19H21F5N4O3S. The van der Waals surface area contributed by atoms with E-state index >= 15 is 0 Å².